The largest absolute Gasteiger partial charge is 0.338 e. The molecule has 0 radical (unpaired) electrons. The summed E-state index contributed by atoms with van der Waals surface area (Å²) in [6, 6.07) is 4.80. The van der Waals surface area contributed by atoms with Crippen molar-refractivity contribution >= 4 is 5.91 Å². The number of amides is 1. The van der Waals surface area contributed by atoms with E-state index in [4.69, 9.17) is 4.84 Å². The summed E-state index contributed by atoms with van der Waals surface area (Å²) in [6.45, 7) is 8.76. The lowest BCUT2D eigenvalue weighted by Gasteiger charge is -2.42. The quantitative estimate of drug-likeness (QED) is 0.632. The molecule has 7 heteroatoms. The van der Waals surface area contributed by atoms with Crippen molar-refractivity contribution in [1.82, 2.24) is 24.7 Å². The van der Waals surface area contributed by atoms with Gasteiger partial charge >= 0.3 is 0 Å². The van der Waals surface area contributed by atoms with E-state index >= 15 is 0 Å². The molecule has 1 aromatic rings. The number of carbonyl (C=O) groups excluding carboxylic acids is 1. The summed E-state index contributed by atoms with van der Waals surface area (Å²) in [4.78, 5) is 30.1. The number of carbonyl (C=O) groups is 1. The van der Waals surface area contributed by atoms with Gasteiger partial charge in [0.05, 0.1) is 6.61 Å². The number of likely N-dealkylation sites (tertiary alicyclic amines) is 2. The molecule has 0 unspecified atom stereocenters. The summed E-state index contributed by atoms with van der Waals surface area (Å²) in [6.07, 6.45) is 10.2. The summed E-state index contributed by atoms with van der Waals surface area (Å²) < 4.78 is 0. The predicted octanol–water partition coefficient (Wildman–Crippen LogP) is 2.24. The van der Waals surface area contributed by atoms with Gasteiger partial charge in [0.25, 0.3) is 0 Å². The Morgan fingerprint density at radius 1 is 1.10 bits per heavy atom. The molecule has 0 saturated carbocycles. The van der Waals surface area contributed by atoms with E-state index in [1.165, 1.54) is 51.9 Å². The lowest BCUT2D eigenvalue weighted by atomic mass is 9.93. The lowest BCUT2D eigenvalue weighted by molar-refractivity contribution is -0.140. The summed E-state index contributed by atoms with van der Waals surface area (Å²) in [7, 11) is 2.23. The maximum atomic E-state index is 13.1. The molecule has 3 saturated heterocycles. The van der Waals surface area contributed by atoms with E-state index in [2.05, 4.69) is 26.7 Å². The van der Waals surface area contributed by atoms with Crippen LogP contribution in [0.25, 0.3) is 0 Å². The maximum absolute atomic E-state index is 13.1. The molecule has 3 fully saturated rings. The second-order valence-electron chi connectivity index (χ2n) is 9.51. The molecule has 7 nitrogen and oxygen atoms in total. The SMILES string of the molecule is CN1CCC(N2CCC(CN(Cc3ccncc3)C(=O)CCN3CCCO3)CC2)CC1. The second kappa shape index (κ2) is 11.4. The molecule has 0 spiro atoms. The zero-order valence-electron chi connectivity index (χ0n) is 19.1. The normalized spacial score (nSPS) is 22.7. The minimum atomic E-state index is 0.241. The van der Waals surface area contributed by atoms with Crippen LogP contribution >= 0.6 is 0 Å². The highest BCUT2D eigenvalue weighted by atomic mass is 16.7. The van der Waals surface area contributed by atoms with Gasteiger partial charge in [0, 0.05) is 51.0 Å². The highest BCUT2D eigenvalue weighted by Crippen LogP contribution is 2.25. The minimum Gasteiger partial charge on any atom is -0.338 e. The number of aromatic nitrogens is 1. The Labute approximate surface area is 187 Å². The van der Waals surface area contributed by atoms with Crippen molar-refractivity contribution in [2.24, 2.45) is 5.92 Å². The van der Waals surface area contributed by atoms with Gasteiger partial charge in [-0.15, -0.1) is 0 Å². The van der Waals surface area contributed by atoms with Crippen LogP contribution in [0.1, 0.15) is 44.1 Å². The van der Waals surface area contributed by atoms with Gasteiger partial charge in [-0.3, -0.25) is 14.6 Å². The Bertz CT molecular complexity index is 666. The molecule has 172 valence electrons. The summed E-state index contributed by atoms with van der Waals surface area (Å²) >= 11 is 0. The van der Waals surface area contributed by atoms with E-state index in [1.807, 2.05) is 29.6 Å². The smallest absolute Gasteiger partial charge is 0.224 e. The topological polar surface area (TPSA) is 52.2 Å². The fraction of sp³-hybridized carbons (Fsp3) is 0.750. The van der Waals surface area contributed by atoms with Gasteiger partial charge < -0.3 is 14.7 Å². The van der Waals surface area contributed by atoms with Crippen molar-refractivity contribution in [1.29, 1.82) is 0 Å². The Morgan fingerprint density at radius 2 is 1.84 bits per heavy atom. The molecule has 4 heterocycles. The summed E-state index contributed by atoms with van der Waals surface area (Å²) in [5.74, 6) is 0.835. The summed E-state index contributed by atoms with van der Waals surface area (Å²) in [5.41, 5.74) is 1.16. The first-order valence-corrected chi connectivity index (χ1v) is 12.1. The van der Waals surface area contributed by atoms with E-state index in [0.717, 1.165) is 37.7 Å². The van der Waals surface area contributed by atoms with E-state index in [1.54, 1.807) is 0 Å². The van der Waals surface area contributed by atoms with Gasteiger partial charge in [0.1, 0.15) is 0 Å². The van der Waals surface area contributed by atoms with Crippen LogP contribution in [0.5, 0.6) is 0 Å². The average molecular weight is 430 g/mol. The number of rotatable bonds is 8. The molecule has 0 atom stereocenters. The van der Waals surface area contributed by atoms with Crippen LogP contribution in [0.2, 0.25) is 0 Å². The van der Waals surface area contributed by atoms with Crippen molar-refractivity contribution in [3.05, 3.63) is 30.1 Å². The molecule has 1 amide bonds. The van der Waals surface area contributed by atoms with E-state index in [0.29, 0.717) is 25.4 Å². The average Bonchev–Trinajstić information content (AvgIpc) is 3.33. The lowest BCUT2D eigenvalue weighted by Crippen LogP contribution is -2.48. The number of piperidine rings is 2. The van der Waals surface area contributed by atoms with Crippen LogP contribution in [-0.2, 0) is 16.2 Å². The molecule has 0 N–H and O–H groups in total. The Balaban J connectivity index is 1.29. The third-order valence-corrected chi connectivity index (χ3v) is 7.21. The molecule has 31 heavy (non-hydrogen) atoms. The van der Waals surface area contributed by atoms with Gasteiger partial charge in [0.2, 0.25) is 5.91 Å². The third kappa shape index (κ3) is 6.72. The zero-order valence-corrected chi connectivity index (χ0v) is 19.1. The second-order valence-corrected chi connectivity index (χ2v) is 9.51. The third-order valence-electron chi connectivity index (χ3n) is 7.21. The van der Waals surface area contributed by atoms with Crippen molar-refractivity contribution in [3.63, 3.8) is 0 Å². The Kier molecular flexibility index (Phi) is 8.30. The Morgan fingerprint density at radius 3 is 2.52 bits per heavy atom. The van der Waals surface area contributed by atoms with Crippen molar-refractivity contribution in [3.8, 4) is 0 Å². The van der Waals surface area contributed by atoms with E-state index in [-0.39, 0.29) is 5.91 Å². The highest BCUT2D eigenvalue weighted by molar-refractivity contribution is 5.76. The number of hydrogen-bond donors (Lipinski definition) is 0. The standard InChI is InChI=1S/C24H39N5O2/c1-26-13-7-23(8-14-26)27-15-5-22(6-16-27)20-28(19-21-3-10-25-11-4-21)24(30)9-17-29-12-2-18-31-29/h3-4,10-11,22-23H,2,5-9,12-20H2,1H3. The van der Waals surface area contributed by atoms with Crippen LogP contribution in [0.3, 0.4) is 0 Å². The van der Waals surface area contributed by atoms with Crippen molar-refractivity contribution in [2.75, 3.05) is 59.5 Å². The van der Waals surface area contributed by atoms with Gasteiger partial charge in [0.15, 0.2) is 0 Å². The molecule has 4 rings (SSSR count). The fourth-order valence-electron chi connectivity index (χ4n) is 5.19. The number of nitrogens with zero attached hydrogens (tertiary/aromatic N) is 5. The maximum Gasteiger partial charge on any atom is 0.224 e. The molecule has 0 aromatic carbocycles. The van der Waals surface area contributed by atoms with Crippen LogP contribution in [0.4, 0.5) is 0 Å². The van der Waals surface area contributed by atoms with E-state index in [9.17, 15) is 4.79 Å². The molecule has 1 aromatic heterocycles. The van der Waals surface area contributed by atoms with Gasteiger partial charge in [-0.05, 0) is 88.9 Å². The summed E-state index contributed by atoms with van der Waals surface area (Å²) in [5, 5.41) is 1.95. The monoisotopic (exact) mass is 429 g/mol. The Hall–Kier alpha value is -1.54. The molecular weight excluding hydrogens is 390 g/mol. The van der Waals surface area contributed by atoms with Crippen molar-refractivity contribution < 1.29 is 9.63 Å². The molecular formula is C24H39N5O2. The zero-order chi connectivity index (χ0) is 21.5. The first-order valence-electron chi connectivity index (χ1n) is 12.1. The number of hydrogen-bond acceptors (Lipinski definition) is 6. The van der Waals surface area contributed by atoms with Crippen LogP contribution in [0.15, 0.2) is 24.5 Å². The molecule has 3 aliphatic rings. The van der Waals surface area contributed by atoms with Gasteiger partial charge in [-0.25, -0.2) is 0 Å². The van der Waals surface area contributed by atoms with Gasteiger partial charge in [-0.2, -0.15) is 5.06 Å². The van der Waals surface area contributed by atoms with Crippen molar-refractivity contribution in [2.45, 2.75) is 51.1 Å². The van der Waals surface area contributed by atoms with Crippen LogP contribution in [-0.4, -0.2) is 96.2 Å². The predicted molar refractivity (Wildman–Crippen MR) is 121 cm³/mol. The first-order chi connectivity index (χ1) is 15.2. The molecule has 3 aliphatic heterocycles. The van der Waals surface area contributed by atoms with E-state index < -0.39 is 0 Å². The molecule has 0 aliphatic carbocycles. The highest BCUT2D eigenvalue weighted by Gasteiger charge is 2.29. The van der Waals surface area contributed by atoms with Crippen LogP contribution in [0, 0.1) is 5.92 Å². The number of pyridine rings is 1. The fourth-order valence-corrected chi connectivity index (χ4v) is 5.19. The first kappa shape index (κ1) is 22.6. The van der Waals surface area contributed by atoms with Crippen LogP contribution < -0.4 is 0 Å². The molecule has 0 bridgehead atoms. The minimum absolute atomic E-state index is 0.241. The van der Waals surface area contributed by atoms with Gasteiger partial charge in [-0.1, -0.05) is 0 Å². The number of hydroxylamine groups is 2.